The third-order valence-corrected chi connectivity index (χ3v) is 5.23. The molecule has 1 aliphatic rings. The number of hydrogen-bond acceptors (Lipinski definition) is 3. The predicted molar refractivity (Wildman–Crippen MR) is 75.2 cm³/mol. The molecule has 1 atom stereocenters. The summed E-state index contributed by atoms with van der Waals surface area (Å²) in [4.78, 5) is 3.30. The third-order valence-electron chi connectivity index (χ3n) is 3.83. The quantitative estimate of drug-likeness (QED) is 0.710. The zero-order valence-corrected chi connectivity index (χ0v) is 12.6. The highest BCUT2D eigenvalue weighted by atomic mass is 32.2. The van der Waals surface area contributed by atoms with Gasteiger partial charge in [0.15, 0.2) is 0 Å². The fraction of sp³-hybridized carbons (Fsp3) is 0.692. The summed E-state index contributed by atoms with van der Waals surface area (Å²) in [6, 6.07) is 1.68. The van der Waals surface area contributed by atoms with Gasteiger partial charge in [0, 0.05) is 25.0 Å². The van der Waals surface area contributed by atoms with E-state index in [4.69, 9.17) is 0 Å². The first kappa shape index (κ1) is 14.6. The molecule has 108 valence electrons. The summed E-state index contributed by atoms with van der Waals surface area (Å²) in [6.45, 7) is 8.38. The molecule has 0 saturated heterocycles. The summed E-state index contributed by atoms with van der Waals surface area (Å²) < 4.78 is 26.9. The van der Waals surface area contributed by atoms with Crippen molar-refractivity contribution in [1.29, 1.82) is 0 Å². The molecule has 0 aliphatic heterocycles. The molecule has 1 heterocycles. The Morgan fingerprint density at radius 1 is 1.47 bits per heavy atom. The topological polar surface area (TPSA) is 74.0 Å². The summed E-state index contributed by atoms with van der Waals surface area (Å²) in [5, 5.41) is 3.15. The molecule has 1 aromatic heterocycles. The molecule has 3 N–H and O–H groups in total. The van der Waals surface area contributed by atoms with Gasteiger partial charge in [-0.1, -0.05) is 20.8 Å². The Labute approximate surface area is 115 Å². The number of rotatable bonds is 7. The van der Waals surface area contributed by atoms with Gasteiger partial charge in [-0.15, -0.1) is 0 Å². The maximum Gasteiger partial charge on any atom is 0.242 e. The Morgan fingerprint density at radius 2 is 2.16 bits per heavy atom. The van der Waals surface area contributed by atoms with Crippen molar-refractivity contribution in [3.63, 3.8) is 0 Å². The van der Waals surface area contributed by atoms with Crippen molar-refractivity contribution >= 4 is 10.0 Å². The molecule has 1 saturated carbocycles. The lowest BCUT2D eigenvalue weighted by atomic mass is 10.1. The standard InChI is InChI=1S/C13H23N3O2S/c1-4-14-8-11-5-12(9-15-11)19(17,18)16-7-10-6-13(10,2)3/h5,9-10,14-16H,4,6-8H2,1-3H3. The van der Waals surface area contributed by atoms with Crippen molar-refractivity contribution in [3.05, 3.63) is 18.0 Å². The van der Waals surface area contributed by atoms with Crippen LogP contribution in [0.25, 0.3) is 0 Å². The monoisotopic (exact) mass is 285 g/mol. The lowest BCUT2D eigenvalue weighted by molar-refractivity contribution is 0.537. The van der Waals surface area contributed by atoms with Crippen molar-refractivity contribution in [3.8, 4) is 0 Å². The first-order valence-corrected chi connectivity index (χ1v) is 8.21. The van der Waals surface area contributed by atoms with Crippen LogP contribution in [0.4, 0.5) is 0 Å². The number of hydrogen-bond donors (Lipinski definition) is 3. The van der Waals surface area contributed by atoms with Crippen LogP contribution in [0.3, 0.4) is 0 Å². The van der Waals surface area contributed by atoms with Gasteiger partial charge in [0.05, 0.1) is 4.90 Å². The van der Waals surface area contributed by atoms with Crippen LogP contribution >= 0.6 is 0 Å². The van der Waals surface area contributed by atoms with Gasteiger partial charge in [-0.25, -0.2) is 13.1 Å². The Hall–Kier alpha value is -0.850. The van der Waals surface area contributed by atoms with Crippen LogP contribution in [0.1, 0.15) is 32.9 Å². The molecule has 1 unspecified atom stereocenters. The van der Waals surface area contributed by atoms with Crippen molar-refractivity contribution < 1.29 is 8.42 Å². The van der Waals surface area contributed by atoms with Gasteiger partial charge in [-0.2, -0.15) is 0 Å². The van der Waals surface area contributed by atoms with E-state index in [2.05, 4.69) is 28.9 Å². The maximum absolute atomic E-state index is 12.1. The second-order valence-corrected chi connectivity index (χ2v) is 7.65. The Morgan fingerprint density at radius 3 is 2.74 bits per heavy atom. The Bertz CT molecular complexity index is 534. The first-order valence-electron chi connectivity index (χ1n) is 6.73. The molecule has 2 rings (SSSR count). The smallest absolute Gasteiger partial charge is 0.242 e. The van der Waals surface area contributed by atoms with Crippen LogP contribution in [-0.2, 0) is 16.6 Å². The fourth-order valence-corrected chi connectivity index (χ4v) is 3.25. The molecular formula is C13H23N3O2S. The van der Waals surface area contributed by atoms with Gasteiger partial charge >= 0.3 is 0 Å². The zero-order valence-electron chi connectivity index (χ0n) is 11.8. The summed E-state index contributed by atoms with van der Waals surface area (Å²) in [6.07, 6.45) is 2.64. The maximum atomic E-state index is 12.1. The van der Waals surface area contributed by atoms with Gasteiger partial charge in [-0.3, -0.25) is 0 Å². The lowest BCUT2D eigenvalue weighted by Gasteiger charge is -2.06. The van der Waals surface area contributed by atoms with Crippen LogP contribution in [0.15, 0.2) is 17.2 Å². The molecule has 1 aliphatic carbocycles. The zero-order chi connectivity index (χ0) is 14.1. The average Bonchev–Trinajstić information content (AvgIpc) is 2.78. The number of H-pyrrole nitrogens is 1. The van der Waals surface area contributed by atoms with Crippen LogP contribution in [0.2, 0.25) is 0 Å². The van der Waals surface area contributed by atoms with Crippen LogP contribution in [-0.4, -0.2) is 26.5 Å². The highest BCUT2D eigenvalue weighted by molar-refractivity contribution is 7.89. The highest BCUT2D eigenvalue weighted by Crippen LogP contribution is 2.51. The number of nitrogens with one attached hydrogen (secondary N) is 3. The van der Waals surface area contributed by atoms with Crippen LogP contribution < -0.4 is 10.0 Å². The van der Waals surface area contributed by atoms with Crippen molar-refractivity contribution in [1.82, 2.24) is 15.0 Å². The summed E-state index contributed by atoms with van der Waals surface area (Å²) in [5.74, 6) is 0.461. The van der Waals surface area contributed by atoms with Crippen LogP contribution in [0, 0.1) is 11.3 Å². The fourth-order valence-electron chi connectivity index (χ4n) is 2.15. The number of aromatic amines is 1. The van der Waals surface area contributed by atoms with E-state index in [1.807, 2.05) is 6.92 Å². The molecule has 0 bridgehead atoms. The minimum atomic E-state index is -3.38. The molecule has 1 fully saturated rings. The average molecular weight is 285 g/mol. The predicted octanol–water partition coefficient (Wildman–Crippen LogP) is 1.45. The molecule has 0 aromatic carbocycles. The van der Waals surface area contributed by atoms with E-state index in [0.29, 0.717) is 23.9 Å². The van der Waals surface area contributed by atoms with E-state index in [0.717, 1.165) is 18.7 Å². The second-order valence-electron chi connectivity index (χ2n) is 5.88. The van der Waals surface area contributed by atoms with Gasteiger partial charge < -0.3 is 10.3 Å². The number of aromatic nitrogens is 1. The highest BCUT2D eigenvalue weighted by Gasteiger charge is 2.45. The molecule has 6 heteroatoms. The van der Waals surface area contributed by atoms with E-state index in [9.17, 15) is 8.42 Å². The van der Waals surface area contributed by atoms with E-state index >= 15 is 0 Å². The molecule has 0 spiro atoms. The van der Waals surface area contributed by atoms with Gasteiger partial charge in [-0.05, 0) is 30.4 Å². The first-order chi connectivity index (χ1) is 8.85. The van der Waals surface area contributed by atoms with E-state index < -0.39 is 10.0 Å². The SMILES string of the molecule is CCNCc1cc(S(=O)(=O)NCC2CC2(C)C)c[nH]1. The van der Waals surface area contributed by atoms with E-state index in [-0.39, 0.29) is 5.41 Å². The normalized spacial score (nSPS) is 21.5. The molecule has 5 nitrogen and oxygen atoms in total. The molecule has 0 amide bonds. The molecular weight excluding hydrogens is 262 g/mol. The van der Waals surface area contributed by atoms with Gasteiger partial charge in [0.25, 0.3) is 0 Å². The largest absolute Gasteiger partial charge is 0.363 e. The summed E-state index contributed by atoms with van der Waals surface area (Å²) in [7, 11) is -3.38. The molecule has 0 radical (unpaired) electrons. The van der Waals surface area contributed by atoms with Gasteiger partial charge in [0.2, 0.25) is 10.0 Å². The van der Waals surface area contributed by atoms with Gasteiger partial charge in [0.1, 0.15) is 0 Å². The molecule has 19 heavy (non-hydrogen) atoms. The van der Waals surface area contributed by atoms with Crippen molar-refractivity contribution in [2.45, 2.75) is 38.6 Å². The molecule has 1 aromatic rings. The van der Waals surface area contributed by atoms with E-state index in [1.54, 1.807) is 12.3 Å². The van der Waals surface area contributed by atoms with Crippen LogP contribution in [0.5, 0.6) is 0 Å². The second kappa shape index (κ2) is 5.26. The Kier molecular flexibility index (Phi) is 4.03. The minimum Gasteiger partial charge on any atom is -0.363 e. The van der Waals surface area contributed by atoms with E-state index in [1.165, 1.54) is 0 Å². The third kappa shape index (κ3) is 3.58. The van der Waals surface area contributed by atoms with Crippen molar-refractivity contribution in [2.24, 2.45) is 11.3 Å². The Balaban J connectivity index is 1.93. The minimum absolute atomic E-state index is 0.289. The lowest BCUT2D eigenvalue weighted by Crippen LogP contribution is -2.26. The van der Waals surface area contributed by atoms with Crippen molar-refractivity contribution in [2.75, 3.05) is 13.1 Å². The summed E-state index contributed by atoms with van der Waals surface area (Å²) >= 11 is 0. The summed E-state index contributed by atoms with van der Waals surface area (Å²) in [5.41, 5.74) is 1.17. The number of sulfonamides is 1.